The molecule has 1 aliphatic carbocycles. The number of carbonyl (C=O) groups is 1. The van der Waals surface area contributed by atoms with Crippen LogP contribution in [0.5, 0.6) is 5.88 Å². The number of aromatic amines is 1. The number of aromatic nitrogens is 6. The Balaban J connectivity index is 1.29. The second-order valence-electron chi connectivity index (χ2n) is 13.0. The molecule has 16 heteroatoms. The van der Waals surface area contributed by atoms with E-state index >= 15 is 0 Å². The number of H-pyrrole nitrogens is 1. The molecule has 12 nitrogen and oxygen atoms in total. The fourth-order valence-corrected chi connectivity index (χ4v) is 7.73. The zero-order valence-corrected chi connectivity index (χ0v) is 30.1. The predicted molar refractivity (Wildman–Crippen MR) is 190 cm³/mol. The molecule has 1 saturated heterocycles. The quantitative estimate of drug-likeness (QED) is 0.144. The molecule has 2 aliphatic rings. The van der Waals surface area contributed by atoms with Gasteiger partial charge < -0.3 is 29.0 Å². The maximum Gasteiger partial charge on any atom is 0.433 e. The molecule has 274 valence electrons. The Bertz CT molecular complexity index is 1810. The molecular weight excluding hydrogens is 685 g/mol. The molecular formula is C35H43F3N8O4S. The minimum absolute atomic E-state index is 0.0281. The number of methoxy groups -OCH3 is 1. The number of alkyl halides is 3. The number of ether oxygens (including phenoxy) is 3. The zero-order valence-electron chi connectivity index (χ0n) is 29.3. The number of piperidine rings is 1. The number of thioether (sulfide) groups is 1. The first-order chi connectivity index (χ1) is 24.5. The molecule has 4 aromatic rings. The van der Waals surface area contributed by atoms with Gasteiger partial charge in [0, 0.05) is 56.1 Å². The van der Waals surface area contributed by atoms with Crippen LogP contribution in [0.15, 0.2) is 30.6 Å². The first kappa shape index (κ1) is 36.6. The summed E-state index contributed by atoms with van der Waals surface area (Å²) in [4.78, 5) is 41.9. The van der Waals surface area contributed by atoms with Gasteiger partial charge in [0.05, 0.1) is 49.3 Å². The molecule has 1 aliphatic heterocycles. The Hall–Kier alpha value is -4.18. The van der Waals surface area contributed by atoms with E-state index in [0.29, 0.717) is 59.1 Å². The second-order valence-corrected chi connectivity index (χ2v) is 14.3. The van der Waals surface area contributed by atoms with Gasteiger partial charge in [-0.1, -0.05) is 6.42 Å². The van der Waals surface area contributed by atoms with E-state index in [4.69, 9.17) is 29.2 Å². The average molecular weight is 729 g/mol. The monoisotopic (exact) mass is 728 g/mol. The van der Waals surface area contributed by atoms with Gasteiger partial charge in [-0.2, -0.15) is 13.2 Å². The number of halogens is 3. The van der Waals surface area contributed by atoms with Crippen molar-refractivity contribution in [2.24, 2.45) is 5.41 Å². The molecule has 4 aromatic heterocycles. The van der Waals surface area contributed by atoms with E-state index in [9.17, 15) is 18.0 Å². The van der Waals surface area contributed by atoms with Crippen LogP contribution in [0.3, 0.4) is 0 Å². The van der Waals surface area contributed by atoms with Gasteiger partial charge in [-0.25, -0.2) is 24.9 Å². The Labute approximate surface area is 298 Å². The number of imidazole rings is 1. The zero-order chi connectivity index (χ0) is 36.2. The Morgan fingerprint density at radius 3 is 2.47 bits per heavy atom. The highest BCUT2D eigenvalue weighted by Crippen LogP contribution is 2.43. The van der Waals surface area contributed by atoms with Gasteiger partial charge in [0.15, 0.2) is 11.5 Å². The third-order valence-corrected chi connectivity index (χ3v) is 10.7. The molecule has 1 saturated carbocycles. The van der Waals surface area contributed by atoms with Gasteiger partial charge in [0.1, 0.15) is 22.7 Å². The second kappa shape index (κ2) is 15.6. The number of anilines is 2. The summed E-state index contributed by atoms with van der Waals surface area (Å²) in [5.41, 5.74) is 1.62. The number of hydrogen-bond donors (Lipinski definition) is 1. The fourth-order valence-electron chi connectivity index (χ4n) is 6.73. The molecule has 51 heavy (non-hydrogen) atoms. The lowest BCUT2D eigenvalue weighted by Crippen LogP contribution is -2.44. The number of esters is 1. The van der Waals surface area contributed by atoms with Crippen molar-refractivity contribution < 1.29 is 32.2 Å². The average Bonchev–Trinajstić information content (AvgIpc) is 3.54. The van der Waals surface area contributed by atoms with Gasteiger partial charge in [-0.15, -0.1) is 11.8 Å². The van der Waals surface area contributed by atoms with E-state index in [2.05, 4.69) is 24.8 Å². The summed E-state index contributed by atoms with van der Waals surface area (Å²) in [5, 5.41) is 0.379. The third kappa shape index (κ3) is 8.49. The molecule has 0 radical (unpaired) electrons. The first-order valence-corrected chi connectivity index (χ1v) is 18.2. The number of pyridine rings is 2. The van der Waals surface area contributed by atoms with Gasteiger partial charge in [-0.3, -0.25) is 4.79 Å². The lowest BCUT2D eigenvalue weighted by molar-refractivity contribution is -0.141. The number of fused-ring (bicyclic) bond motifs is 1. The number of hydrogen-bond acceptors (Lipinski definition) is 12. The van der Waals surface area contributed by atoms with Gasteiger partial charge in [0.25, 0.3) is 0 Å². The molecule has 0 atom stereocenters. The van der Waals surface area contributed by atoms with E-state index in [-0.39, 0.29) is 29.4 Å². The van der Waals surface area contributed by atoms with E-state index < -0.39 is 11.9 Å². The van der Waals surface area contributed by atoms with E-state index in [0.717, 1.165) is 62.8 Å². The predicted octanol–water partition coefficient (Wildman–Crippen LogP) is 6.41. The number of rotatable bonds is 14. The van der Waals surface area contributed by atoms with Crippen molar-refractivity contribution in [3.63, 3.8) is 0 Å². The molecule has 2 fully saturated rings. The SMILES string of the molecule is CCOC(=O)CSC1CCN(c2cnc(-c3nc4nc(-c5cc(OCC)nc(C(F)(F)F)c5)cc(N(C)CC5(COC)CCC5)c4[nH]3)cn2)CC1. The van der Waals surface area contributed by atoms with Crippen molar-refractivity contribution in [3.05, 3.63) is 36.3 Å². The maximum absolute atomic E-state index is 13.9. The number of nitrogens with zero attached hydrogens (tertiary/aromatic N) is 7. The van der Waals surface area contributed by atoms with Crippen LogP contribution in [0.25, 0.3) is 33.9 Å². The third-order valence-electron chi connectivity index (χ3n) is 9.36. The molecule has 0 bridgehead atoms. The summed E-state index contributed by atoms with van der Waals surface area (Å²) < 4.78 is 57.7. The summed E-state index contributed by atoms with van der Waals surface area (Å²) in [7, 11) is 3.66. The minimum atomic E-state index is -4.67. The van der Waals surface area contributed by atoms with E-state index in [1.807, 2.05) is 7.05 Å². The first-order valence-electron chi connectivity index (χ1n) is 17.2. The lowest BCUT2D eigenvalue weighted by Gasteiger charge is -2.44. The Morgan fingerprint density at radius 2 is 1.84 bits per heavy atom. The summed E-state index contributed by atoms with van der Waals surface area (Å²) in [6, 6.07) is 4.23. The maximum atomic E-state index is 13.9. The lowest BCUT2D eigenvalue weighted by atomic mass is 9.69. The minimum Gasteiger partial charge on any atom is -0.478 e. The van der Waals surface area contributed by atoms with Crippen LogP contribution in [0.2, 0.25) is 0 Å². The van der Waals surface area contributed by atoms with Crippen LogP contribution >= 0.6 is 11.8 Å². The molecule has 6 rings (SSSR count). The summed E-state index contributed by atoms with van der Waals surface area (Å²) >= 11 is 1.64. The normalized spacial score (nSPS) is 16.3. The van der Waals surface area contributed by atoms with Gasteiger partial charge in [0.2, 0.25) is 5.88 Å². The number of nitrogens with one attached hydrogen (secondary N) is 1. The highest BCUT2D eigenvalue weighted by Gasteiger charge is 2.39. The smallest absolute Gasteiger partial charge is 0.433 e. The van der Waals surface area contributed by atoms with Crippen molar-refractivity contribution >= 4 is 40.4 Å². The molecule has 5 heterocycles. The standard InChI is InChI=1S/C35H43F3N8O4S/c1-5-49-29-15-22(14-27(42-29)35(36,37)38)24-16-26(45(3)20-34(21-48-4)10-7-11-34)31-33(41-24)44-32(43-31)25-17-40-28(18-39-25)46-12-8-23(9-13-46)51-19-30(47)50-6-2/h14-18,23H,5-13,19-21H2,1-4H3,(H,41,43,44). The summed E-state index contributed by atoms with van der Waals surface area (Å²) in [5.74, 6) is 1.23. The number of carbonyl (C=O) groups excluding carboxylic acids is 1. The molecule has 0 aromatic carbocycles. The van der Waals surface area contributed by atoms with Crippen molar-refractivity contribution in [2.45, 2.75) is 57.4 Å². The van der Waals surface area contributed by atoms with Crippen LogP contribution < -0.4 is 14.5 Å². The molecule has 1 N–H and O–H groups in total. The van der Waals surface area contributed by atoms with Crippen LogP contribution in [0.4, 0.5) is 24.7 Å². The fraction of sp³-hybridized carbons (Fsp3) is 0.543. The van der Waals surface area contributed by atoms with Crippen molar-refractivity contribution in [1.82, 2.24) is 29.9 Å². The molecule has 0 unspecified atom stereocenters. The Morgan fingerprint density at radius 1 is 1.06 bits per heavy atom. The largest absolute Gasteiger partial charge is 0.478 e. The van der Waals surface area contributed by atoms with Crippen LogP contribution in [0, 0.1) is 5.41 Å². The van der Waals surface area contributed by atoms with Crippen molar-refractivity contribution in [3.8, 4) is 28.7 Å². The topological polar surface area (TPSA) is 131 Å². The van der Waals surface area contributed by atoms with Crippen molar-refractivity contribution in [1.29, 1.82) is 0 Å². The summed E-state index contributed by atoms with van der Waals surface area (Å²) in [6.45, 7) is 6.91. The van der Waals surface area contributed by atoms with E-state index in [1.165, 1.54) is 6.07 Å². The summed E-state index contributed by atoms with van der Waals surface area (Å²) in [6.07, 6.45) is 3.69. The molecule has 0 amide bonds. The van der Waals surface area contributed by atoms with Crippen molar-refractivity contribution in [2.75, 3.05) is 69.2 Å². The Kier molecular flexibility index (Phi) is 11.2. The highest BCUT2D eigenvalue weighted by atomic mass is 32.2. The van der Waals surface area contributed by atoms with Crippen LogP contribution in [-0.2, 0) is 20.4 Å². The molecule has 0 spiro atoms. The van der Waals surface area contributed by atoms with Crippen LogP contribution in [-0.4, -0.2) is 100 Å². The highest BCUT2D eigenvalue weighted by molar-refractivity contribution is 8.00. The van der Waals surface area contributed by atoms with Gasteiger partial charge >= 0.3 is 12.1 Å². The van der Waals surface area contributed by atoms with E-state index in [1.54, 1.807) is 51.2 Å². The van der Waals surface area contributed by atoms with Crippen LogP contribution in [0.1, 0.15) is 51.6 Å². The van der Waals surface area contributed by atoms with Gasteiger partial charge in [-0.05, 0) is 51.7 Å².